The number of carbonyl (C=O) groups excluding carboxylic acids is 1. The fourth-order valence-electron chi connectivity index (χ4n) is 2.23. The van der Waals surface area contributed by atoms with Crippen LogP contribution in [-0.4, -0.2) is 15.4 Å². The molecule has 3 rings (SSSR count). The van der Waals surface area contributed by atoms with Crippen LogP contribution in [0.25, 0.3) is 5.65 Å². The average Bonchev–Trinajstić information content (AvgIpc) is 2.54. The number of esters is 1. The summed E-state index contributed by atoms with van der Waals surface area (Å²) in [5.41, 5.74) is 2.19. The highest BCUT2D eigenvalue weighted by Crippen LogP contribution is 2.13. The van der Waals surface area contributed by atoms with Crippen LogP contribution in [0.15, 0.2) is 53.5 Å². The van der Waals surface area contributed by atoms with E-state index in [1.165, 1.54) is 10.5 Å². The van der Waals surface area contributed by atoms with E-state index in [1.54, 1.807) is 24.4 Å². The molecule has 6 heteroatoms. The van der Waals surface area contributed by atoms with E-state index >= 15 is 0 Å². The molecule has 0 radical (unpaired) electrons. The van der Waals surface area contributed by atoms with E-state index in [-0.39, 0.29) is 12.2 Å². The number of carbonyl (C=O) groups is 1. The summed E-state index contributed by atoms with van der Waals surface area (Å²) in [4.78, 5) is 28.6. The van der Waals surface area contributed by atoms with Gasteiger partial charge in [-0.1, -0.05) is 18.2 Å². The van der Waals surface area contributed by atoms with Gasteiger partial charge in [0.1, 0.15) is 12.3 Å². The van der Waals surface area contributed by atoms with Crippen LogP contribution in [0.5, 0.6) is 0 Å². The molecule has 0 fully saturated rings. The summed E-state index contributed by atoms with van der Waals surface area (Å²) in [5.74, 6) is -0.429. The van der Waals surface area contributed by atoms with Gasteiger partial charge in [-0.05, 0) is 53.3 Å². The number of rotatable bonds is 3. The molecule has 0 N–H and O–H groups in total. The minimum absolute atomic E-state index is 0.0378. The number of aromatic nitrogens is 2. The number of hydrogen-bond acceptors (Lipinski definition) is 4. The summed E-state index contributed by atoms with van der Waals surface area (Å²) >= 11 is 2.08. The second-order valence-corrected chi connectivity index (χ2v) is 6.19. The van der Waals surface area contributed by atoms with Gasteiger partial charge in [-0.25, -0.2) is 9.78 Å². The molecule has 0 unspecified atom stereocenters. The molecule has 23 heavy (non-hydrogen) atoms. The summed E-state index contributed by atoms with van der Waals surface area (Å²) in [6.45, 7) is 1.84. The maximum Gasteiger partial charge on any atom is 0.339 e. The van der Waals surface area contributed by atoms with E-state index in [0.29, 0.717) is 16.9 Å². The molecule has 1 aromatic carbocycles. The van der Waals surface area contributed by atoms with Gasteiger partial charge >= 0.3 is 5.97 Å². The van der Waals surface area contributed by atoms with Crippen molar-refractivity contribution in [2.24, 2.45) is 0 Å². The number of hydrogen-bond donors (Lipinski definition) is 0. The Morgan fingerprint density at radius 2 is 2.04 bits per heavy atom. The lowest BCUT2D eigenvalue weighted by atomic mass is 10.2. The Morgan fingerprint density at radius 1 is 1.26 bits per heavy atom. The molecule has 0 aliphatic carbocycles. The number of fused-ring (bicyclic) bond motifs is 1. The predicted molar refractivity (Wildman–Crippen MR) is 94.5 cm³/mol. The van der Waals surface area contributed by atoms with E-state index < -0.39 is 5.97 Å². The van der Waals surface area contributed by atoms with Crippen LogP contribution >= 0.6 is 22.6 Å². The zero-order chi connectivity index (χ0) is 16.4. The van der Waals surface area contributed by atoms with E-state index in [2.05, 4.69) is 27.6 Å². The Morgan fingerprint density at radius 3 is 2.83 bits per heavy atom. The van der Waals surface area contributed by atoms with Crippen LogP contribution in [-0.2, 0) is 11.3 Å². The standard InChI is InChI=1S/C17H13IN2O3/c1-11-5-4-8-20-15(21)9-12(19-16(11)20)10-23-17(22)13-6-2-3-7-14(13)18/h2-9H,10H2,1H3. The summed E-state index contributed by atoms with van der Waals surface area (Å²) in [5, 5.41) is 0. The molecule has 0 aliphatic rings. The first-order valence-corrected chi connectivity index (χ1v) is 8.04. The van der Waals surface area contributed by atoms with Gasteiger partial charge in [0, 0.05) is 15.8 Å². The van der Waals surface area contributed by atoms with Crippen molar-refractivity contribution >= 4 is 34.2 Å². The molecule has 0 amide bonds. The summed E-state index contributed by atoms with van der Waals surface area (Å²) in [6, 6.07) is 12.2. The Kier molecular flexibility index (Phi) is 4.42. The van der Waals surface area contributed by atoms with Gasteiger partial charge in [0.25, 0.3) is 5.56 Å². The number of benzene rings is 1. The van der Waals surface area contributed by atoms with E-state index in [4.69, 9.17) is 4.74 Å². The SMILES string of the molecule is Cc1cccn2c(=O)cc(COC(=O)c3ccccc3I)nc12. The third kappa shape index (κ3) is 3.26. The second-order valence-electron chi connectivity index (χ2n) is 5.03. The fourth-order valence-corrected chi connectivity index (χ4v) is 2.83. The molecular formula is C17H13IN2O3. The first kappa shape index (κ1) is 15.7. The summed E-state index contributed by atoms with van der Waals surface area (Å²) < 4.78 is 7.57. The topological polar surface area (TPSA) is 60.7 Å². The lowest BCUT2D eigenvalue weighted by molar-refractivity contribution is 0.0466. The highest BCUT2D eigenvalue weighted by atomic mass is 127. The fraction of sp³-hybridized carbons (Fsp3) is 0.118. The van der Waals surface area contributed by atoms with Crippen molar-refractivity contribution in [3.8, 4) is 0 Å². The highest BCUT2D eigenvalue weighted by molar-refractivity contribution is 14.1. The molecule has 0 atom stereocenters. The Balaban J connectivity index is 1.85. The van der Waals surface area contributed by atoms with E-state index in [1.807, 2.05) is 25.1 Å². The number of aryl methyl sites for hydroxylation is 1. The van der Waals surface area contributed by atoms with Crippen molar-refractivity contribution in [2.75, 3.05) is 0 Å². The van der Waals surface area contributed by atoms with E-state index in [9.17, 15) is 9.59 Å². The molecule has 5 nitrogen and oxygen atoms in total. The Hall–Kier alpha value is -2.22. The maximum atomic E-state index is 12.1. The van der Waals surface area contributed by atoms with Crippen molar-refractivity contribution in [3.05, 3.63) is 79.4 Å². The first-order chi connectivity index (χ1) is 11.1. The van der Waals surface area contributed by atoms with Gasteiger partial charge in [-0.3, -0.25) is 9.20 Å². The first-order valence-electron chi connectivity index (χ1n) is 6.96. The van der Waals surface area contributed by atoms with Gasteiger partial charge in [-0.2, -0.15) is 0 Å². The number of pyridine rings is 1. The number of nitrogens with zero attached hydrogens (tertiary/aromatic N) is 2. The molecular weight excluding hydrogens is 407 g/mol. The molecule has 0 spiro atoms. The Bertz CT molecular complexity index is 950. The lowest BCUT2D eigenvalue weighted by Gasteiger charge is -2.08. The van der Waals surface area contributed by atoms with Crippen molar-refractivity contribution < 1.29 is 9.53 Å². The van der Waals surface area contributed by atoms with Crippen LogP contribution in [0.1, 0.15) is 21.6 Å². The molecule has 0 bridgehead atoms. The molecule has 0 saturated carbocycles. The number of ether oxygens (including phenoxy) is 1. The van der Waals surface area contributed by atoms with Gasteiger partial charge in [0.15, 0.2) is 0 Å². The third-order valence-corrected chi connectivity index (χ3v) is 4.32. The quantitative estimate of drug-likeness (QED) is 0.483. The van der Waals surface area contributed by atoms with Crippen molar-refractivity contribution in [2.45, 2.75) is 13.5 Å². The third-order valence-electron chi connectivity index (χ3n) is 3.38. The van der Waals surface area contributed by atoms with Crippen molar-refractivity contribution in [1.82, 2.24) is 9.38 Å². The molecule has 2 heterocycles. The second kappa shape index (κ2) is 6.49. The van der Waals surface area contributed by atoms with Crippen molar-refractivity contribution in [1.29, 1.82) is 0 Å². The number of halogens is 1. The minimum atomic E-state index is -0.429. The van der Waals surface area contributed by atoms with E-state index in [0.717, 1.165) is 9.13 Å². The van der Waals surface area contributed by atoms with Crippen LogP contribution in [0.4, 0.5) is 0 Å². The summed E-state index contributed by atoms with van der Waals surface area (Å²) in [7, 11) is 0. The van der Waals surface area contributed by atoms with Gasteiger partial charge < -0.3 is 4.74 Å². The largest absolute Gasteiger partial charge is 0.456 e. The zero-order valence-electron chi connectivity index (χ0n) is 12.3. The van der Waals surface area contributed by atoms with Gasteiger partial charge in [0.2, 0.25) is 0 Å². The monoisotopic (exact) mass is 420 g/mol. The van der Waals surface area contributed by atoms with Crippen LogP contribution < -0.4 is 5.56 Å². The van der Waals surface area contributed by atoms with Crippen LogP contribution in [0.3, 0.4) is 0 Å². The highest BCUT2D eigenvalue weighted by Gasteiger charge is 2.12. The van der Waals surface area contributed by atoms with Crippen LogP contribution in [0, 0.1) is 10.5 Å². The Labute approximate surface area is 146 Å². The zero-order valence-corrected chi connectivity index (χ0v) is 14.5. The van der Waals surface area contributed by atoms with Gasteiger partial charge in [-0.15, -0.1) is 0 Å². The van der Waals surface area contributed by atoms with Crippen molar-refractivity contribution in [3.63, 3.8) is 0 Å². The molecule has 0 saturated heterocycles. The molecule has 2 aromatic heterocycles. The maximum absolute atomic E-state index is 12.1. The minimum Gasteiger partial charge on any atom is -0.456 e. The van der Waals surface area contributed by atoms with Gasteiger partial charge in [0.05, 0.1) is 11.3 Å². The predicted octanol–water partition coefficient (Wildman–Crippen LogP) is 2.96. The molecule has 116 valence electrons. The normalized spacial score (nSPS) is 10.7. The summed E-state index contributed by atoms with van der Waals surface area (Å²) in [6.07, 6.45) is 1.67. The molecule has 0 aliphatic heterocycles. The smallest absolute Gasteiger partial charge is 0.339 e. The van der Waals surface area contributed by atoms with Crippen LogP contribution in [0.2, 0.25) is 0 Å². The molecule has 3 aromatic rings. The lowest BCUT2D eigenvalue weighted by Crippen LogP contribution is -2.17. The average molecular weight is 420 g/mol.